The number of hydrogen-bond acceptors (Lipinski definition) is 2. The van der Waals surface area contributed by atoms with Crippen molar-refractivity contribution in [3.63, 3.8) is 0 Å². The van der Waals surface area contributed by atoms with Crippen LogP contribution in [0, 0.1) is 19.8 Å². The molecule has 0 aliphatic rings. The average molecular weight is 254 g/mol. The van der Waals surface area contributed by atoms with E-state index < -0.39 is 22.7 Å². The van der Waals surface area contributed by atoms with Crippen LogP contribution in [-0.4, -0.2) is 21.0 Å². The van der Waals surface area contributed by atoms with Crippen LogP contribution in [0.2, 0.25) is 0 Å². The number of carbonyl (C=O) groups is 1. The molecule has 0 fully saturated rings. The third-order valence-corrected chi connectivity index (χ3v) is 4.18. The van der Waals surface area contributed by atoms with Gasteiger partial charge in [0.25, 0.3) is 0 Å². The van der Waals surface area contributed by atoms with Gasteiger partial charge in [-0.1, -0.05) is 30.7 Å². The first-order valence-electron chi connectivity index (χ1n) is 5.54. The summed E-state index contributed by atoms with van der Waals surface area (Å²) in [5.74, 6) is -0.798. The Labute approximate surface area is 104 Å². The van der Waals surface area contributed by atoms with Crippen molar-refractivity contribution in [2.75, 3.05) is 5.75 Å². The van der Waals surface area contributed by atoms with Crippen molar-refractivity contribution in [1.29, 1.82) is 0 Å². The van der Waals surface area contributed by atoms with E-state index in [9.17, 15) is 9.00 Å². The van der Waals surface area contributed by atoms with Crippen LogP contribution < -0.4 is 0 Å². The number of carboxylic acid groups (broad SMARTS) is 1. The van der Waals surface area contributed by atoms with E-state index in [0.29, 0.717) is 5.75 Å². The van der Waals surface area contributed by atoms with E-state index in [1.54, 1.807) is 6.92 Å². The van der Waals surface area contributed by atoms with Crippen LogP contribution in [0.15, 0.2) is 18.2 Å². The third kappa shape index (κ3) is 4.30. The Morgan fingerprint density at radius 1 is 1.41 bits per heavy atom. The molecule has 3 nitrogen and oxygen atoms in total. The first kappa shape index (κ1) is 13.9. The van der Waals surface area contributed by atoms with Crippen molar-refractivity contribution in [3.8, 4) is 0 Å². The number of carboxylic acids is 1. The van der Waals surface area contributed by atoms with Gasteiger partial charge in [-0.05, 0) is 25.0 Å². The van der Waals surface area contributed by atoms with E-state index in [2.05, 4.69) is 0 Å². The molecule has 4 heteroatoms. The van der Waals surface area contributed by atoms with E-state index in [1.165, 1.54) is 0 Å². The summed E-state index contributed by atoms with van der Waals surface area (Å²) in [5.41, 5.74) is 3.28. The lowest BCUT2D eigenvalue weighted by Gasteiger charge is -2.09. The number of hydrogen-bond donors (Lipinski definition) is 1. The Kier molecular flexibility index (Phi) is 4.87. The Balaban J connectivity index is 2.68. The summed E-state index contributed by atoms with van der Waals surface area (Å²) in [6.07, 6.45) is 0. The highest BCUT2D eigenvalue weighted by atomic mass is 32.2. The highest BCUT2D eigenvalue weighted by Crippen LogP contribution is 2.14. The van der Waals surface area contributed by atoms with Gasteiger partial charge in [0.05, 0.1) is 5.92 Å². The van der Waals surface area contributed by atoms with E-state index in [1.807, 2.05) is 32.0 Å². The third-order valence-electron chi connectivity index (χ3n) is 2.68. The second kappa shape index (κ2) is 5.96. The zero-order valence-electron chi connectivity index (χ0n) is 10.4. The van der Waals surface area contributed by atoms with Crippen LogP contribution in [0.3, 0.4) is 0 Å². The van der Waals surface area contributed by atoms with Gasteiger partial charge >= 0.3 is 5.97 Å². The Hall–Kier alpha value is -1.16. The molecule has 2 atom stereocenters. The van der Waals surface area contributed by atoms with Gasteiger partial charge in [0.15, 0.2) is 0 Å². The standard InChI is InChI=1S/C13H18O3S/c1-9-4-5-10(2)12(6-9)8-17(16)7-11(3)13(14)15/h4-6,11H,7-8H2,1-3H3,(H,14,15). The highest BCUT2D eigenvalue weighted by Gasteiger charge is 2.15. The molecule has 1 aromatic rings. The Morgan fingerprint density at radius 3 is 2.65 bits per heavy atom. The SMILES string of the molecule is Cc1ccc(C)c(CS(=O)CC(C)C(=O)O)c1. The first-order valence-corrected chi connectivity index (χ1v) is 7.03. The summed E-state index contributed by atoms with van der Waals surface area (Å²) in [4.78, 5) is 10.7. The monoisotopic (exact) mass is 254 g/mol. The fourth-order valence-electron chi connectivity index (χ4n) is 1.54. The smallest absolute Gasteiger partial charge is 0.307 e. The molecule has 0 spiro atoms. The number of benzene rings is 1. The van der Waals surface area contributed by atoms with Gasteiger partial charge in [0.2, 0.25) is 0 Å². The van der Waals surface area contributed by atoms with Crippen molar-refractivity contribution in [2.45, 2.75) is 26.5 Å². The molecule has 17 heavy (non-hydrogen) atoms. The normalized spacial score (nSPS) is 14.3. The molecule has 2 unspecified atom stereocenters. The van der Waals surface area contributed by atoms with E-state index in [-0.39, 0.29) is 5.75 Å². The molecule has 0 aliphatic carbocycles. The Bertz CT molecular complexity index is 440. The average Bonchev–Trinajstić information content (AvgIpc) is 2.23. The van der Waals surface area contributed by atoms with Crippen molar-refractivity contribution in [3.05, 3.63) is 34.9 Å². The summed E-state index contributed by atoms with van der Waals surface area (Å²) in [6, 6.07) is 6.03. The van der Waals surface area contributed by atoms with Crippen LogP contribution in [0.5, 0.6) is 0 Å². The summed E-state index contributed by atoms with van der Waals surface area (Å²) < 4.78 is 11.8. The molecule has 1 N–H and O–H groups in total. The second-order valence-electron chi connectivity index (χ2n) is 4.42. The fourth-order valence-corrected chi connectivity index (χ4v) is 3.01. The van der Waals surface area contributed by atoms with Crippen LogP contribution >= 0.6 is 0 Å². The molecular weight excluding hydrogens is 236 g/mol. The summed E-state index contributed by atoms with van der Waals surface area (Å²) in [5, 5.41) is 8.76. The summed E-state index contributed by atoms with van der Waals surface area (Å²) in [6.45, 7) is 5.56. The van der Waals surface area contributed by atoms with E-state index in [4.69, 9.17) is 5.11 Å². The minimum atomic E-state index is -1.12. The van der Waals surface area contributed by atoms with E-state index >= 15 is 0 Å². The first-order chi connectivity index (χ1) is 7.90. The van der Waals surface area contributed by atoms with Crippen LogP contribution in [0.1, 0.15) is 23.6 Å². The van der Waals surface area contributed by atoms with Gasteiger partial charge in [-0.3, -0.25) is 9.00 Å². The molecule has 0 radical (unpaired) electrons. The molecule has 0 saturated carbocycles. The van der Waals surface area contributed by atoms with Gasteiger partial charge in [-0.2, -0.15) is 0 Å². The van der Waals surface area contributed by atoms with Crippen molar-refractivity contribution in [2.24, 2.45) is 5.92 Å². The highest BCUT2D eigenvalue weighted by molar-refractivity contribution is 7.84. The molecule has 0 heterocycles. The molecule has 0 saturated heterocycles. The van der Waals surface area contributed by atoms with Crippen molar-refractivity contribution < 1.29 is 14.1 Å². The molecule has 1 rings (SSSR count). The maximum absolute atomic E-state index is 11.8. The molecule has 1 aromatic carbocycles. The molecule has 0 aromatic heterocycles. The fraction of sp³-hybridized carbons (Fsp3) is 0.462. The predicted molar refractivity (Wildman–Crippen MR) is 69.4 cm³/mol. The molecular formula is C13H18O3S. The second-order valence-corrected chi connectivity index (χ2v) is 5.92. The number of aliphatic carboxylic acids is 1. The lowest BCUT2D eigenvalue weighted by molar-refractivity contribution is -0.140. The zero-order chi connectivity index (χ0) is 13.0. The maximum Gasteiger partial charge on any atom is 0.307 e. The van der Waals surface area contributed by atoms with Gasteiger partial charge in [-0.15, -0.1) is 0 Å². The Morgan fingerprint density at radius 2 is 2.06 bits per heavy atom. The molecule has 0 aliphatic heterocycles. The van der Waals surface area contributed by atoms with Crippen molar-refractivity contribution >= 4 is 16.8 Å². The van der Waals surface area contributed by atoms with Gasteiger partial charge < -0.3 is 5.11 Å². The van der Waals surface area contributed by atoms with Crippen molar-refractivity contribution in [1.82, 2.24) is 0 Å². The van der Waals surface area contributed by atoms with Crippen LogP contribution in [-0.2, 0) is 21.3 Å². The molecule has 0 bridgehead atoms. The topological polar surface area (TPSA) is 54.4 Å². The lowest BCUT2D eigenvalue weighted by Crippen LogP contribution is -2.18. The van der Waals surface area contributed by atoms with Gasteiger partial charge in [0.1, 0.15) is 0 Å². The summed E-state index contributed by atoms with van der Waals surface area (Å²) in [7, 11) is -1.12. The number of rotatable bonds is 5. The van der Waals surface area contributed by atoms with Crippen LogP contribution in [0.4, 0.5) is 0 Å². The minimum absolute atomic E-state index is 0.211. The minimum Gasteiger partial charge on any atom is -0.481 e. The number of aryl methyl sites for hydroxylation is 2. The van der Waals surface area contributed by atoms with E-state index in [0.717, 1.165) is 16.7 Å². The van der Waals surface area contributed by atoms with Gasteiger partial charge in [0, 0.05) is 22.3 Å². The zero-order valence-corrected chi connectivity index (χ0v) is 11.2. The molecule has 0 amide bonds. The lowest BCUT2D eigenvalue weighted by atomic mass is 10.1. The quantitative estimate of drug-likeness (QED) is 0.877. The molecule has 94 valence electrons. The van der Waals surface area contributed by atoms with Gasteiger partial charge in [-0.25, -0.2) is 0 Å². The maximum atomic E-state index is 11.8. The van der Waals surface area contributed by atoms with Crippen LogP contribution in [0.25, 0.3) is 0 Å². The predicted octanol–water partition coefficient (Wildman–Crippen LogP) is 2.27. The largest absolute Gasteiger partial charge is 0.481 e. The summed E-state index contributed by atoms with van der Waals surface area (Å²) >= 11 is 0.